The van der Waals surface area contributed by atoms with E-state index in [1.807, 2.05) is 0 Å². The van der Waals surface area contributed by atoms with Gasteiger partial charge in [0.2, 0.25) is 0 Å². The molecular weight excluding hydrogens is 1410 g/mol. The average molecular weight is 1510 g/mol. The second-order valence-electron chi connectivity index (χ2n) is 39.0. The Labute approximate surface area is 691 Å². The van der Waals surface area contributed by atoms with Crippen molar-refractivity contribution in [1.29, 1.82) is 0 Å². The van der Waals surface area contributed by atoms with Crippen LogP contribution in [0.15, 0.2) is 303 Å². The van der Waals surface area contributed by atoms with Crippen molar-refractivity contribution < 1.29 is 0 Å². The van der Waals surface area contributed by atoms with Crippen LogP contribution in [0.25, 0.3) is 0 Å². The lowest BCUT2D eigenvalue weighted by molar-refractivity contribution is -0.00522. The van der Waals surface area contributed by atoms with Gasteiger partial charge in [0, 0.05) is 91.0 Å². The highest BCUT2D eigenvalue weighted by Gasteiger charge is 2.58. The molecule has 12 bridgehead atoms. The Bertz CT molecular complexity index is 6000. The molecule has 16 aliphatic rings. The number of fused-ring (bicyclic) bond motifs is 8. The minimum absolute atomic E-state index is 0.122. The van der Waals surface area contributed by atoms with Crippen molar-refractivity contribution in [3.05, 3.63) is 326 Å². The molecule has 0 radical (unpaired) electrons. The molecule has 0 saturated heterocycles. The van der Waals surface area contributed by atoms with Crippen LogP contribution in [0.1, 0.15) is 138 Å². The number of nitrogens with zero attached hydrogens (tertiary/aromatic N) is 6. The molecule has 29 rings (SSSR count). The highest BCUT2D eigenvalue weighted by molar-refractivity contribution is 7.03. The van der Waals surface area contributed by atoms with E-state index < -0.39 is 0 Å². The Hall–Kier alpha value is -11.2. The summed E-state index contributed by atoms with van der Waals surface area (Å²) in [5.74, 6) is 7.17. The van der Waals surface area contributed by atoms with Crippen LogP contribution in [0, 0.1) is 60.2 Å². The lowest BCUT2D eigenvalue weighted by Gasteiger charge is -2.58. The van der Waals surface area contributed by atoms with E-state index in [1.54, 1.807) is 11.1 Å². The Morgan fingerprint density at radius 2 is 0.496 bits per heavy atom. The Balaban J connectivity index is 0.751. The van der Waals surface area contributed by atoms with Crippen molar-refractivity contribution in [2.45, 2.75) is 139 Å². The molecule has 12 aliphatic carbocycles. The van der Waals surface area contributed by atoms with E-state index in [1.165, 1.54) is 239 Å². The smallest absolute Gasteiger partial charge is 0.252 e. The number of anilines is 18. The number of aryl methyl sites for hydroxylation is 1. The van der Waals surface area contributed by atoms with Crippen molar-refractivity contribution in [1.82, 2.24) is 0 Å². The highest BCUT2D eigenvalue weighted by atomic mass is 15.2. The maximum Gasteiger partial charge on any atom is 0.252 e. The largest absolute Gasteiger partial charge is 0.311 e. The van der Waals surface area contributed by atoms with Crippen molar-refractivity contribution in [3.8, 4) is 0 Å². The second-order valence-corrected chi connectivity index (χ2v) is 39.0. The molecule has 0 unspecified atom stereocenters. The quantitative estimate of drug-likeness (QED) is 0.106. The number of para-hydroxylation sites is 10. The molecule has 117 heavy (non-hydrogen) atoms. The van der Waals surface area contributed by atoms with E-state index in [9.17, 15) is 0 Å². The summed E-state index contributed by atoms with van der Waals surface area (Å²) in [6, 6.07) is 120. The molecular formula is C109H98B2N6. The van der Waals surface area contributed by atoms with Crippen LogP contribution in [-0.4, -0.2) is 13.4 Å². The van der Waals surface area contributed by atoms with Crippen molar-refractivity contribution in [3.63, 3.8) is 0 Å². The van der Waals surface area contributed by atoms with Crippen LogP contribution in [0.3, 0.4) is 0 Å². The second kappa shape index (κ2) is 25.6. The summed E-state index contributed by atoms with van der Waals surface area (Å²) in [7, 11) is 0. The van der Waals surface area contributed by atoms with E-state index in [0.29, 0.717) is 0 Å². The zero-order valence-electron chi connectivity index (χ0n) is 67.1. The van der Waals surface area contributed by atoms with Gasteiger partial charge in [-0.25, -0.2) is 0 Å². The Morgan fingerprint density at radius 1 is 0.239 bits per heavy atom. The first-order valence-corrected chi connectivity index (χ1v) is 44.8. The number of rotatable bonds is 13. The van der Waals surface area contributed by atoms with Crippen molar-refractivity contribution in [2.75, 3.05) is 29.4 Å². The van der Waals surface area contributed by atoms with Gasteiger partial charge in [0.15, 0.2) is 0 Å². The van der Waals surface area contributed by atoms with Gasteiger partial charge in [-0.15, -0.1) is 0 Å². The summed E-state index contributed by atoms with van der Waals surface area (Å²) < 4.78 is 0. The zero-order chi connectivity index (χ0) is 76.6. The van der Waals surface area contributed by atoms with Crippen LogP contribution in [-0.2, 0) is 16.2 Å². The standard InChI is InChI=1S/C109H98B2N6/c1-70-26-14-20-40-93(70)116(94-41-21-15-35-86(94)107-61-71-46-72(62-107)48-73(47-71)63-107)84-55-101-105-103(56-84)114(82-31-10-4-11-32-82)99-60-100-92(59-91(99)110(105)89-38-18-24-44-97(89)112(101)80-27-6-2-7-28-80)111-90-39-19-25-45-98(90)113(81-29-8-3-9-30-81)102-57-85(58-104(106(102)111)115(100)83-33-12-5-13-34-83)117(95-42-22-16-36-87(95)108-64-74-49-75(65-108)51-76(50-74)66-108)96-43-23-17-37-88(96)109-67-77-52-78(68-109)54-79(53-77)69-109/h2-45,55-60,71-79H,46-54,61-69H2,1H3. The fourth-order valence-electron chi connectivity index (χ4n) is 29.3. The zero-order valence-corrected chi connectivity index (χ0v) is 67.1. The SMILES string of the molecule is Cc1ccccc1N(c1cc2c3c(c1)N(c1ccccc1)c1cc4c(cc1B3c1ccccc1N2c1ccccc1)B1c2ccccc2N(c2ccccc2)c2cc(N(c3ccccc3C35CC6CC(CC(C6)C3)C5)c3ccccc3C35CC6CC(CC(C6)C3)C5)cc(c21)N4c1ccccc1)c1ccccc1C12CC3CC(CC(C3)C1)C2. The van der Waals surface area contributed by atoms with Gasteiger partial charge in [0.05, 0.1) is 11.4 Å². The monoisotopic (exact) mass is 1510 g/mol. The van der Waals surface area contributed by atoms with Crippen LogP contribution in [0.5, 0.6) is 0 Å². The molecule has 0 N–H and O–H groups in total. The molecule has 4 heterocycles. The molecule has 12 fully saturated rings. The van der Waals surface area contributed by atoms with Crippen molar-refractivity contribution in [2.24, 2.45) is 53.3 Å². The molecule has 6 nitrogen and oxygen atoms in total. The fourth-order valence-corrected chi connectivity index (χ4v) is 29.3. The molecule has 12 saturated carbocycles. The summed E-state index contributed by atoms with van der Waals surface area (Å²) >= 11 is 0. The van der Waals surface area contributed by atoms with Gasteiger partial charge in [-0.1, -0.05) is 188 Å². The third kappa shape index (κ3) is 10.2. The summed E-state index contributed by atoms with van der Waals surface area (Å²) in [6.07, 6.45) is 24.3. The summed E-state index contributed by atoms with van der Waals surface area (Å²) in [6.45, 7) is 2.03. The third-order valence-corrected chi connectivity index (χ3v) is 32.2. The lowest BCUT2D eigenvalue weighted by atomic mass is 9.30. The maximum absolute atomic E-state index is 2.90. The topological polar surface area (TPSA) is 19.4 Å². The van der Waals surface area contributed by atoms with Crippen LogP contribution in [0.4, 0.5) is 102 Å². The van der Waals surface area contributed by atoms with Gasteiger partial charge in [-0.3, -0.25) is 0 Å². The Morgan fingerprint density at radius 3 is 0.812 bits per heavy atom. The van der Waals surface area contributed by atoms with Gasteiger partial charge in [0.1, 0.15) is 0 Å². The minimum atomic E-state index is -0.156. The van der Waals surface area contributed by atoms with Crippen molar-refractivity contribution >= 4 is 149 Å². The molecule has 570 valence electrons. The predicted molar refractivity (Wildman–Crippen MR) is 488 cm³/mol. The fraction of sp³-hybridized carbons (Fsp3) is 0.284. The molecule has 4 aliphatic heterocycles. The normalized spacial score (nSPS) is 26.8. The number of benzene rings is 13. The molecule has 0 spiro atoms. The Kier molecular flexibility index (Phi) is 14.9. The third-order valence-electron chi connectivity index (χ3n) is 32.2. The predicted octanol–water partition coefficient (Wildman–Crippen LogP) is 24.5. The maximum atomic E-state index is 2.90. The molecule has 0 aromatic heterocycles. The minimum Gasteiger partial charge on any atom is -0.311 e. The molecule has 13 aromatic rings. The van der Waals surface area contributed by atoms with Crippen LogP contribution in [0.2, 0.25) is 0 Å². The molecule has 0 amide bonds. The summed E-state index contributed by atoms with van der Waals surface area (Å²) in [4.78, 5) is 16.4. The lowest BCUT2D eigenvalue weighted by Crippen LogP contribution is -2.65. The van der Waals surface area contributed by atoms with Gasteiger partial charge < -0.3 is 29.4 Å². The first-order chi connectivity index (χ1) is 57.7. The number of hydrogen-bond donors (Lipinski definition) is 0. The summed E-state index contributed by atoms with van der Waals surface area (Å²) in [5.41, 5.74) is 36.2. The van der Waals surface area contributed by atoms with E-state index in [4.69, 9.17) is 0 Å². The van der Waals surface area contributed by atoms with Gasteiger partial charge in [-0.05, 0) is 362 Å². The van der Waals surface area contributed by atoms with Gasteiger partial charge in [-0.2, -0.15) is 0 Å². The van der Waals surface area contributed by atoms with E-state index in [0.717, 1.165) is 76.0 Å². The van der Waals surface area contributed by atoms with Crippen LogP contribution >= 0.6 is 0 Å². The van der Waals surface area contributed by atoms with Gasteiger partial charge in [0.25, 0.3) is 13.4 Å². The molecule has 8 heteroatoms. The summed E-state index contributed by atoms with van der Waals surface area (Å²) in [5, 5.41) is 0. The number of hydrogen-bond acceptors (Lipinski definition) is 6. The van der Waals surface area contributed by atoms with Crippen LogP contribution < -0.4 is 62.2 Å². The first kappa shape index (κ1) is 67.9. The van der Waals surface area contributed by atoms with Gasteiger partial charge >= 0.3 is 0 Å². The first-order valence-electron chi connectivity index (χ1n) is 44.8. The van der Waals surface area contributed by atoms with E-state index in [-0.39, 0.29) is 29.7 Å². The van der Waals surface area contributed by atoms with E-state index in [2.05, 4.69) is 340 Å². The molecule has 0 atom stereocenters. The molecule has 13 aromatic carbocycles. The van der Waals surface area contributed by atoms with E-state index >= 15 is 0 Å². The highest BCUT2D eigenvalue weighted by Crippen LogP contribution is 2.67. The average Bonchev–Trinajstić information content (AvgIpc) is 0.681.